The van der Waals surface area contributed by atoms with Gasteiger partial charge in [-0.2, -0.15) is 18.4 Å². The molecule has 0 spiro atoms. The number of carboxylic acid groups (broad SMARTS) is 1. The molecule has 2 fully saturated rings. The second kappa shape index (κ2) is 5.35. The number of aliphatic carboxylic acids is 1. The summed E-state index contributed by atoms with van der Waals surface area (Å²) in [4.78, 5) is 17.7. The van der Waals surface area contributed by atoms with Gasteiger partial charge in [0.2, 0.25) is 0 Å². The molecule has 0 amide bonds. The first kappa shape index (κ1) is 17.6. The monoisotopic (exact) mass is 375 g/mol. The first-order valence-corrected chi connectivity index (χ1v) is 8.58. The molecule has 1 aromatic heterocycles. The van der Waals surface area contributed by atoms with Crippen molar-refractivity contribution in [3.8, 4) is 6.07 Å². The van der Waals surface area contributed by atoms with Crippen molar-refractivity contribution in [1.29, 1.82) is 5.26 Å². The van der Waals surface area contributed by atoms with Gasteiger partial charge in [-0.1, -0.05) is 6.92 Å². The Balaban J connectivity index is 1.91. The van der Waals surface area contributed by atoms with E-state index in [4.69, 9.17) is 0 Å². The highest BCUT2D eigenvalue weighted by Crippen LogP contribution is 2.77. The van der Waals surface area contributed by atoms with Gasteiger partial charge in [0, 0.05) is 29.9 Å². The number of fused-ring (bicyclic) bond motifs is 2. The number of nitriles is 1. The third-order valence-electron chi connectivity index (χ3n) is 6.18. The summed E-state index contributed by atoms with van der Waals surface area (Å²) in [5.41, 5.74) is -2.86. The van der Waals surface area contributed by atoms with Crippen LogP contribution in [0.25, 0.3) is 10.9 Å². The van der Waals surface area contributed by atoms with Crippen molar-refractivity contribution in [2.24, 2.45) is 10.8 Å². The maximum atomic E-state index is 13.9. The maximum absolute atomic E-state index is 13.9. The first-order chi connectivity index (χ1) is 12.7. The average molecular weight is 375 g/mol. The van der Waals surface area contributed by atoms with Gasteiger partial charge in [0.25, 0.3) is 0 Å². The molecule has 3 atom stereocenters. The molecule has 0 radical (unpaired) electrons. The molecule has 4 rings (SSSR count). The van der Waals surface area contributed by atoms with Gasteiger partial charge >= 0.3 is 12.1 Å². The summed E-state index contributed by atoms with van der Waals surface area (Å²) in [5, 5.41) is 19.5. The van der Waals surface area contributed by atoms with Crippen LogP contribution in [-0.4, -0.2) is 34.8 Å². The molecule has 2 aromatic rings. The van der Waals surface area contributed by atoms with Gasteiger partial charge < -0.3 is 10.0 Å². The molecule has 1 aliphatic heterocycles. The van der Waals surface area contributed by atoms with Crippen LogP contribution in [0.15, 0.2) is 30.5 Å². The summed E-state index contributed by atoms with van der Waals surface area (Å²) in [6.45, 7) is 1.30. The normalized spacial score (nSPS) is 29.4. The number of anilines is 1. The largest absolute Gasteiger partial charge is 0.481 e. The van der Waals surface area contributed by atoms with E-state index in [1.54, 1.807) is 30.0 Å². The molecule has 1 unspecified atom stereocenters. The number of alkyl halides is 3. The molecular formula is C19H16F3N3O2. The minimum atomic E-state index is -4.60. The molecule has 1 aliphatic carbocycles. The van der Waals surface area contributed by atoms with E-state index >= 15 is 0 Å². The molecule has 2 aliphatic rings. The molecule has 1 saturated heterocycles. The summed E-state index contributed by atoms with van der Waals surface area (Å²) in [7, 11) is 0. The molecule has 5 nitrogen and oxygen atoms in total. The van der Waals surface area contributed by atoms with Gasteiger partial charge in [0.05, 0.1) is 11.1 Å². The van der Waals surface area contributed by atoms with Gasteiger partial charge in [-0.3, -0.25) is 9.78 Å². The predicted octanol–water partition coefficient (Wildman–Crippen LogP) is 3.73. The number of halogens is 3. The van der Waals surface area contributed by atoms with Crippen LogP contribution in [0.2, 0.25) is 0 Å². The fourth-order valence-corrected chi connectivity index (χ4v) is 4.92. The molecule has 27 heavy (non-hydrogen) atoms. The molecule has 2 heterocycles. The van der Waals surface area contributed by atoms with Gasteiger partial charge in [-0.25, -0.2) is 0 Å². The molecule has 1 N–H and O–H groups in total. The highest BCUT2D eigenvalue weighted by molar-refractivity contribution is 5.96. The van der Waals surface area contributed by atoms with E-state index in [0.717, 1.165) is 0 Å². The topological polar surface area (TPSA) is 77.2 Å². The van der Waals surface area contributed by atoms with E-state index in [0.29, 0.717) is 22.2 Å². The van der Waals surface area contributed by atoms with Crippen molar-refractivity contribution in [3.63, 3.8) is 0 Å². The van der Waals surface area contributed by atoms with Crippen LogP contribution in [0, 0.1) is 22.2 Å². The third kappa shape index (κ3) is 2.00. The lowest BCUT2D eigenvalue weighted by Crippen LogP contribution is -2.40. The second-order valence-electron chi connectivity index (χ2n) is 7.23. The SMILES string of the molecule is CCC1N(c2ccc(C#N)c3ncccc23)C[C@@]2(C(F)(F)F)C[C@@]12C(=O)O. The number of aromatic nitrogens is 1. The van der Waals surface area contributed by atoms with Crippen LogP contribution in [0.3, 0.4) is 0 Å². The molecule has 1 aromatic carbocycles. The zero-order chi connectivity index (χ0) is 19.6. The number of pyridine rings is 1. The van der Waals surface area contributed by atoms with Crippen molar-refractivity contribution in [2.45, 2.75) is 32.0 Å². The maximum Gasteiger partial charge on any atom is 0.397 e. The van der Waals surface area contributed by atoms with E-state index in [1.165, 1.54) is 12.3 Å². The van der Waals surface area contributed by atoms with Crippen LogP contribution < -0.4 is 4.90 Å². The Morgan fingerprint density at radius 2 is 2.19 bits per heavy atom. The van der Waals surface area contributed by atoms with E-state index in [-0.39, 0.29) is 12.8 Å². The smallest absolute Gasteiger partial charge is 0.397 e. The molecular weight excluding hydrogens is 359 g/mol. The number of carbonyl (C=O) groups is 1. The van der Waals surface area contributed by atoms with E-state index in [1.807, 2.05) is 6.07 Å². The van der Waals surface area contributed by atoms with Gasteiger partial charge in [0.1, 0.15) is 16.9 Å². The van der Waals surface area contributed by atoms with Crippen LogP contribution >= 0.6 is 0 Å². The van der Waals surface area contributed by atoms with Crippen molar-refractivity contribution in [3.05, 3.63) is 36.0 Å². The number of rotatable bonds is 3. The number of piperidine rings is 1. The van der Waals surface area contributed by atoms with Crippen molar-refractivity contribution in [1.82, 2.24) is 4.98 Å². The summed E-state index contributed by atoms with van der Waals surface area (Å²) < 4.78 is 41.6. The molecule has 0 bridgehead atoms. The summed E-state index contributed by atoms with van der Waals surface area (Å²) in [6, 6.07) is 7.71. The zero-order valence-electron chi connectivity index (χ0n) is 14.4. The number of hydrogen-bond acceptors (Lipinski definition) is 4. The highest BCUT2D eigenvalue weighted by atomic mass is 19.4. The Kier molecular flexibility index (Phi) is 3.48. The van der Waals surface area contributed by atoms with Gasteiger partial charge in [-0.15, -0.1) is 0 Å². The molecule has 8 heteroatoms. The number of benzene rings is 1. The van der Waals surface area contributed by atoms with E-state index < -0.39 is 35.6 Å². The minimum absolute atomic E-state index is 0.270. The fraction of sp³-hybridized carbons (Fsp3) is 0.421. The number of nitrogens with zero attached hydrogens (tertiary/aromatic N) is 3. The Morgan fingerprint density at radius 3 is 2.78 bits per heavy atom. The minimum Gasteiger partial charge on any atom is -0.481 e. The summed E-state index contributed by atoms with van der Waals surface area (Å²) >= 11 is 0. The number of hydrogen-bond donors (Lipinski definition) is 1. The van der Waals surface area contributed by atoms with Gasteiger partial charge in [-0.05, 0) is 37.1 Å². The lowest BCUT2D eigenvalue weighted by molar-refractivity contribution is -0.195. The Labute approximate surface area is 153 Å². The Morgan fingerprint density at radius 1 is 1.44 bits per heavy atom. The van der Waals surface area contributed by atoms with Crippen molar-refractivity contribution < 1.29 is 23.1 Å². The first-order valence-electron chi connectivity index (χ1n) is 8.58. The zero-order valence-corrected chi connectivity index (χ0v) is 14.4. The van der Waals surface area contributed by atoms with Crippen LogP contribution in [0.5, 0.6) is 0 Å². The summed E-state index contributed by atoms with van der Waals surface area (Å²) in [6.07, 6.45) is -3.21. The molecule has 140 valence electrons. The van der Waals surface area contributed by atoms with Gasteiger partial charge in [0.15, 0.2) is 0 Å². The predicted molar refractivity (Wildman–Crippen MR) is 91.1 cm³/mol. The van der Waals surface area contributed by atoms with Crippen LogP contribution in [0.1, 0.15) is 25.3 Å². The van der Waals surface area contributed by atoms with Crippen LogP contribution in [-0.2, 0) is 4.79 Å². The highest BCUT2D eigenvalue weighted by Gasteiger charge is 2.89. The standard InChI is InChI=1S/C19H16F3N3O2/c1-2-14-18(16(26)27)9-17(18,19(20,21)22)10-25(14)13-6-5-11(8-23)15-12(13)4-3-7-24-15/h3-7,14H,2,9-10H2,1H3,(H,26,27)/t14?,17-,18-/m0/s1. The molecule has 1 saturated carbocycles. The van der Waals surface area contributed by atoms with Crippen LogP contribution in [0.4, 0.5) is 18.9 Å². The Bertz CT molecular complexity index is 1000. The van der Waals surface area contributed by atoms with Crippen molar-refractivity contribution >= 4 is 22.6 Å². The third-order valence-corrected chi connectivity index (χ3v) is 6.18. The second-order valence-corrected chi connectivity index (χ2v) is 7.23. The average Bonchev–Trinajstić information content (AvgIpc) is 3.24. The van der Waals surface area contributed by atoms with E-state index in [9.17, 15) is 28.3 Å². The Hall–Kier alpha value is -2.82. The van der Waals surface area contributed by atoms with Crippen molar-refractivity contribution in [2.75, 3.05) is 11.4 Å². The quantitative estimate of drug-likeness (QED) is 0.885. The summed E-state index contributed by atoms with van der Waals surface area (Å²) in [5.74, 6) is -1.40. The lowest BCUT2D eigenvalue weighted by atomic mass is 9.88. The fourth-order valence-electron chi connectivity index (χ4n) is 4.92. The number of carboxylic acids is 1. The van der Waals surface area contributed by atoms with E-state index in [2.05, 4.69) is 4.98 Å². The lowest BCUT2D eigenvalue weighted by Gasteiger charge is -2.32.